The van der Waals surface area contributed by atoms with E-state index in [0.29, 0.717) is 17.6 Å². The van der Waals surface area contributed by atoms with Crippen LogP contribution in [0.4, 0.5) is 10.1 Å². The molecule has 0 saturated carbocycles. The molecular formula is C15H18FN5. The molecule has 1 aromatic carbocycles. The summed E-state index contributed by atoms with van der Waals surface area (Å²) in [4.78, 5) is 6.33. The van der Waals surface area contributed by atoms with Gasteiger partial charge in [0.15, 0.2) is 5.82 Å². The molecule has 4 heterocycles. The SMILES string of the molecule is Fc1cc(NC2CN3CCC2CC3)ccc1-n1cncn1. The van der Waals surface area contributed by atoms with Crippen LogP contribution in [0.5, 0.6) is 0 Å². The van der Waals surface area contributed by atoms with Gasteiger partial charge in [0.1, 0.15) is 18.3 Å². The lowest BCUT2D eigenvalue weighted by molar-refractivity contribution is 0.0975. The monoisotopic (exact) mass is 287 g/mol. The minimum absolute atomic E-state index is 0.285. The zero-order valence-corrected chi connectivity index (χ0v) is 11.7. The van der Waals surface area contributed by atoms with Crippen molar-refractivity contribution in [1.82, 2.24) is 19.7 Å². The van der Waals surface area contributed by atoms with Crippen LogP contribution >= 0.6 is 0 Å². The minimum atomic E-state index is -0.285. The van der Waals surface area contributed by atoms with Crippen molar-refractivity contribution in [3.63, 3.8) is 0 Å². The van der Waals surface area contributed by atoms with Crippen molar-refractivity contribution in [3.8, 4) is 5.69 Å². The van der Waals surface area contributed by atoms with Crippen LogP contribution in [-0.4, -0.2) is 45.3 Å². The quantitative estimate of drug-likeness (QED) is 0.937. The summed E-state index contributed by atoms with van der Waals surface area (Å²) in [5.74, 6) is 0.430. The van der Waals surface area contributed by atoms with Gasteiger partial charge in [-0.2, -0.15) is 5.10 Å². The van der Waals surface area contributed by atoms with Gasteiger partial charge in [-0.15, -0.1) is 0 Å². The average Bonchev–Trinajstić information content (AvgIpc) is 3.03. The first-order chi connectivity index (χ1) is 10.3. The zero-order valence-electron chi connectivity index (χ0n) is 11.7. The molecule has 2 aromatic rings. The molecule has 5 rings (SSSR count). The van der Waals surface area contributed by atoms with Crippen LogP contribution in [0.1, 0.15) is 12.8 Å². The minimum Gasteiger partial charge on any atom is -0.381 e. The predicted octanol–water partition coefficient (Wildman–Crippen LogP) is 1.91. The van der Waals surface area contributed by atoms with Gasteiger partial charge in [-0.1, -0.05) is 0 Å². The third-order valence-corrected chi connectivity index (χ3v) is 4.62. The lowest BCUT2D eigenvalue weighted by atomic mass is 9.84. The topological polar surface area (TPSA) is 46.0 Å². The van der Waals surface area contributed by atoms with E-state index in [1.807, 2.05) is 6.07 Å². The van der Waals surface area contributed by atoms with E-state index in [9.17, 15) is 4.39 Å². The molecule has 110 valence electrons. The van der Waals surface area contributed by atoms with Crippen molar-refractivity contribution in [3.05, 3.63) is 36.7 Å². The molecule has 1 N–H and O–H groups in total. The lowest BCUT2D eigenvalue weighted by Crippen LogP contribution is -2.53. The molecule has 3 saturated heterocycles. The van der Waals surface area contributed by atoms with Crippen molar-refractivity contribution in [2.45, 2.75) is 18.9 Å². The van der Waals surface area contributed by atoms with Gasteiger partial charge in [-0.05, 0) is 50.0 Å². The Bertz CT molecular complexity index is 619. The highest BCUT2D eigenvalue weighted by molar-refractivity contribution is 5.50. The van der Waals surface area contributed by atoms with Gasteiger partial charge < -0.3 is 10.2 Å². The highest BCUT2D eigenvalue weighted by atomic mass is 19.1. The number of benzene rings is 1. The largest absolute Gasteiger partial charge is 0.381 e. The normalized spacial score (nSPS) is 27.8. The molecule has 3 aliphatic rings. The highest BCUT2D eigenvalue weighted by Crippen LogP contribution is 2.30. The Balaban J connectivity index is 1.52. The molecule has 1 aromatic heterocycles. The van der Waals surface area contributed by atoms with Gasteiger partial charge in [0.2, 0.25) is 0 Å². The number of anilines is 1. The standard InChI is InChI=1S/C15H18FN5/c16-13-7-12(1-2-15(13)21-10-17-9-18-21)19-14-8-20-5-3-11(14)4-6-20/h1-2,7,9-11,14,19H,3-6,8H2. The smallest absolute Gasteiger partial charge is 0.150 e. The molecule has 0 amide bonds. The third-order valence-electron chi connectivity index (χ3n) is 4.62. The number of nitrogens with one attached hydrogen (secondary N) is 1. The maximum Gasteiger partial charge on any atom is 0.150 e. The number of fused-ring (bicyclic) bond motifs is 3. The van der Waals surface area contributed by atoms with Crippen LogP contribution in [0.2, 0.25) is 0 Å². The summed E-state index contributed by atoms with van der Waals surface area (Å²) >= 11 is 0. The summed E-state index contributed by atoms with van der Waals surface area (Å²) < 4.78 is 15.7. The Kier molecular flexibility index (Phi) is 3.11. The van der Waals surface area contributed by atoms with Crippen LogP contribution < -0.4 is 5.32 Å². The van der Waals surface area contributed by atoms with Gasteiger partial charge in [-0.25, -0.2) is 14.1 Å². The molecule has 21 heavy (non-hydrogen) atoms. The summed E-state index contributed by atoms with van der Waals surface area (Å²) in [5, 5.41) is 7.46. The maximum atomic E-state index is 14.2. The second-order valence-electron chi connectivity index (χ2n) is 5.90. The van der Waals surface area contributed by atoms with E-state index >= 15 is 0 Å². The van der Waals surface area contributed by atoms with Crippen molar-refractivity contribution < 1.29 is 4.39 Å². The van der Waals surface area contributed by atoms with Crippen molar-refractivity contribution in [1.29, 1.82) is 0 Å². The maximum absolute atomic E-state index is 14.2. The third kappa shape index (κ3) is 2.40. The molecule has 1 unspecified atom stereocenters. The zero-order chi connectivity index (χ0) is 14.2. The van der Waals surface area contributed by atoms with Crippen molar-refractivity contribution in [2.24, 2.45) is 5.92 Å². The van der Waals surface area contributed by atoms with E-state index in [1.54, 1.807) is 12.1 Å². The Labute approximate surface area is 122 Å². The summed E-state index contributed by atoms with van der Waals surface area (Å²) in [6.45, 7) is 3.49. The Morgan fingerprint density at radius 1 is 1.24 bits per heavy atom. The van der Waals surface area contributed by atoms with E-state index in [-0.39, 0.29) is 5.82 Å². The van der Waals surface area contributed by atoms with E-state index in [1.165, 1.54) is 43.3 Å². The van der Waals surface area contributed by atoms with E-state index in [2.05, 4.69) is 20.3 Å². The molecular weight excluding hydrogens is 269 g/mol. The molecule has 3 fully saturated rings. The van der Waals surface area contributed by atoms with Gasteiger partial charge in [0.25, 0.3) is 0 Å². The van der Waals surface area contributed by atoms with E-state index in [4.69, 9.17) is 0 Å². The summed E-state index contributed by atoms with van der Waals surface area (Å²) in [6, 6.07) is 5.64. The first kappa shape index (κ1) is 12.8. The number of hydrogen-bond donors (Lipinski definition) is 1. The summed E-state index contributed by atoms with van der Waals surface area (Å²) in [7, 11) is 0. The van der Waals surface area contributed by atoms with Crippen molar-refractivity contribution >= 4 is 5.69 Å². The summed E-state index contributed by atoms with van der Waals surface area (Å²) in [5.41, 5.74) is 1.27. The number of halogens is 1. The lowest BCUT2D eigenvalue weighted by Gasteiger charge is -2.45. The number of piperidine rings is 3. The van der Waals surface area contributed by atoms with Crippen LogP contribution in [-0.2, 0) is 0 Å². The second kappa shape index (κ2) is 5.11. The van der Waals surface area contributed by atoms with Crippen LogP contribution in [0.3, 0.4) is 0 Å². The number of nitrogens with zero attached hydrogens (tertiary/aromatic N) is 4. The Hall–Kier alpha value is -1.95. The molecule has 0 radical (unpaired) electrons. The fourth-order valence-electron chi connectivity index (χ4n) is 3.46. The molecule has 3 aliphatic heterocycles. The second-order valence-corrected chi connectivity index (χ2v) is 5.90. The van der Waals surface area contributed by atoms with Gasteiger partial charge >= 0.3 is 0 Å². The molecule has 5 nitrogen and oxygen atoms in total. The van der Waals surface area contributed by atoms with Gasteiger partial charge in [0, 0.05) is 18.3 Å². The van der Waals surface area contributed by atoms with Crippen molar-refractivity contribution in [2.75, 3.05) is 25.0 Å². The molecule has 0 aliphatic carbocycles. The molecule has 2 bridgehead atoms. The van der Waals surface area contributed by atoms with Gasteiger partial charge in [0.05, 0.1) is 0 Å². The van der Waals surface area contributed by atoms with E-state index < -0.39 is 0 Å². The number of hydrogen-bond acceptors (Lipinski definition) is 4. The summed E-state index contributed by atoms with van der Waals surface area (Å²) in [6.07, 6.45) is 5.39. The Morgan fingerprint density at radius 2 is 2.10 bits per heavy atom. The molecule has 1 atom stereocenters. The fraction of sp³-hybridized carbons (Fsp3) is 0.467. The van der Waals surface area contributed by atoms with E-state index in [0.717, 1.165) is 12.2 Å². The predicted molar refractivity (Wildman–Crippen MR) is 77.9 cm³/mol. The highest BCUT2D eigenvalue weighted by Gasteiger charge is 2.33. The average molecular weight is 287 g/mol. The van der Waals surface area contributed by atoms with Gasteiger partial charge in [-0.3, -0.25) is 0 Å². The first-order valence-corrected chi connectivity index (χ1v) is 7.43. The Morgan fingerprint density at radius 3 is 2.71 bits per heavy atom. The number of rotatable bonds is 3. The molecule has 6 heteroatoms. The molecule has 0 spiro atoms. The van der Waals surface area contributed by atoms with Crippen LogP contribution in [0.15, 0.2) is 30.9 Å². The van der Waals surface area contributed by atoms with Crippen LogP contribution in [0, 0.1) is 11.7 Å². The number of aromatic nitrogens is 3. The first-order valence-electron chi connectivity index (χ1n) is 7.43. The van der Waals surface area contributed by atoms with Crippen LogP contribution in [0.25, 0.3) is 5.69 Å². The fourth-order valence-corrected chi connectivity index (χ4v) is 3.46.